The molecule has 0 spiro atoms. The van der Waals surface area contributed by atoms with Crippen molar-refractivity contribution in [2.24, 2.45) is 0 Å². The third-order valence-corrected chi connectivity index (χ3v) is 3.63. The molecule has 5 nitrogen and oxygen atoms in total. The van der Waals surface area contributed by atoms with Crippen LogP contribution in [0.1, 0.15) is 5.56 Å². The van der Waals surface area contributed by atoms with Gasteiger partial charge in [-0.15, -0.1) is 0 Å². The predicted molar refractivity (Wildman–Crippen MR) is 83.5 cm³/mol. The molecule has 0 N–H and O–H groups in total. The van der Waals surface area contributed by atoms with Crippen molar-refractivity contribution >= 4 is 7.82 Å². The third kappa shape index (κ3) is 5.53. The first-order valence-electron chi connectivity index (χ1n) is 6.88. The van der Waals surface area contributed by atoms with Gasteiger partial charge in [-0.25, -0.2) is 4.57 Å². The van der Waals surface area contributed by atoms with Crippen LogP contribution in [-0.4, -0.2) is 25.6 Å². The second kappa shape index (κ2) is 6.53. The molecular weight excluding hydrogens is 301 g/mol. The summed E-state index contributed by atoms with van der Waals surface area (Å²) in [5.74, 6) is 0.460. The van der Waals surface area contributed by atoms with Crippen molar-refractivity contribution in [2.75, 3.05) is 21.1 Å². The Morgan fingerprint density at radius 2 is 1.41 bits per heavy atom. The van der Waals surface area contributed by atoms with Gasteiger partial charge in [0.15, 0.2) is 0 Å². The zero-order valence-electron chi connectivity index (χ0n) is 12.9. The summed E-state index contributed by atoms with van der Waals surface area (Å²) in [6.45, 7) is 0.843. The maximum Gasteiger partial charge on any atom is 0.372 e. The van der Waals surface area contributed by atoms with Crippen LogP contribution in [0.25, 0.3) is 0 Å². The first-order valence-corrected chi connectivity index (χ1v) is 8.34. The Morgan fingerprint density at radius 1 is 0.909 bits per heavy atom. The van der Waals surface area contributed by atoms with Crippen molar-refractivity contribution in [1.82, 2.24) is 0 Å². The van der Waals surface area contributed by atoms with Crippen LogP contribution in [-0.2, 0) is 11.1 Å². The molecule has 1 atom stereocenters. The number of nitrogens with zero attached hydrogens (tertiary/aromatic N) is 1. The Hall–Kier alpha value is -1.81. The van der Waals surface area contributed by atoms with Crippen molar-refractivity contribution in [3.8, 4) is 11.5 Å². The number of rotatable bonds is 6. The van der Waals surface area contributed by atoms with Gasteiger partial charge in [0.25, 0.3) is 0 Å². The lowest BCUT2D eigenvalue weighted by molar-refractivity contribution is -0.884. The molecule has 0 heterocycles. The minimum atomic E-state index is -4.45. The fraction of sp³-hybridized carbons (Fsp3) is 0.250. The summed E-state index contributed by atoms with van der Waals surface area (Å²) in [5.41, 5.74) is 1.10. The predicted octanol–water partition coefficient (Wildman–Crippen LogP) is 2.82. The molecule has 0 aliphatic rings. The molecule has 0 bridgehead atoms. The Bertz CT molecular complexity index is 650. The van der Waals surface area contributed by atoms with Gasteiger partial charge in [-0.2, -0.15) is 0 Å². The van der Waals surface area contributed by atoms with E-state index >= 15 is 0 Å². The molecule has 0 aliphatic carbocycles. The van der Waals surface area contributed by atoms with E-state index in [0.717, 1.165) is 16.6 Å². The van der Waals surface area contributed by atoms with Crippen LogP contribution in [0.15, 0.2) is 54.6 Å². The minimum absolute atomic E-state index is 0.225. The van der Waals surface area contributed by atoms with Crippen molar-refractivity contribution < 1.29 is 23.0 Å². The fourth-order valence-corrected chi connectivity index (χ4v) is 2.76. The fourth-order valence-electron chi connectivity index (χ4n) is 1.96. The summed E-state index contributed by atoms with van der Waals surface area (Å²) in [6.07, 6.45) is 0. The van der Waals surface area contributed by atoms with Crippen molar-refractivity contribution in [2.45, 2.75) is 6.54 Å². The van der Waals surface area contributed by atoms with E-state index in [1.165, 1.54) is 0 Å². The first-order chi connectivity index (χ1) is 10.2. The molecule has 1 unspecified atom stereocenters. The second-order valence-electron chi connectivity index (χ2n) is 6.04. The molecule has 2 rings (SSSR count). The zero-order valence-corrected chi connectivity index (χ0v) is 13.8. The van der Waals surface area contributed by atoms with E-state index < -0.39 is 7.82 Å². The summed E-state index contributed by atoms with van der Waals surface area (Å²) in [4.78, 5) is 11.9. The average Bonchev–Trinajstić information content (AvgIpc) is 2.39. The van der Waals surface area contributed by atoms with Gasteiger partial charge in [-0.05, 0) is 36.4 Å². The normalized spacial score (nSPS) is 14.2. The van der Waals surface area contributed by atoms with Crippen LogP contribution in [0.2, 0.25) is 0 Å². The molecule has 0 amide bonds. The Morgan fingerprint density at radius 3 is 1.91 bits per heavy atom. The Balaban J connectivity index is 2.02. The van der Waals surface area contributed by atoms with Gasteiger partial charge in [0.05, 0.1) is 21.1 Å². The molecule has 0 radical (unpaired) electrons. The summed E-state index contributed by atoms with van der Waals surface area (Å²) in [7, 11) is 1.82. The number of phosphoric ester groups is 1. The van der Waals surface area contributed by atoms with E-state index in [0.29, 0.717) is 0 Å². The average molecular weight is 321 g/mol. The van der Waals surface area contributed by atoms with Crippen LogP contribution in [0.4, 0.5) is 0 Å². The smallest absolute Gasteiger partial charge is 0.372 e. The topological polar surface area (TPSA) is 58.6 Å². The lowest BCUT2D eigenvalue weighted by Crippen LogP contribution is -2.33. The maximum atomic E-state index is 11.9. The second-order valence-corrected chi connectivity index (χ2v) is 7.29. The van der Waals surface area contributed by atoms with Crippen molar-refractivity contribution in [3.63, 3.8) is 0 Å². The Kier molecular flexibility index (Phi) is 4.91. The van der Waals surface area contributed by atoms with Gasteiger partial charge in [0, 0.05) is 5.56 Å². The standard InChI is InChI=1S/C16H20NO4P/c1-17(2,3)13-14-9-11-16(12-10-14)21-22(18,19)20-15-7-5-4-6-8-15/h4-12H,13H2,1-3H3. The lowest BCUT2D eigenvalue weighted by atomic mass is 10.2. The van der Waals surface area contributed by atoms with E-state index in [-0.39, 0.29) is 11.5 Å². The Labute approximate surface area is 130 Å². The highest BCUT2D eigenvalue weighted by Gasteiger charge is 2.14. The van der Waals surface area contributed by atoms with E-state index in [4.69, 9.17) is 9.05 Å². The van der Waals surface area contributed by atoms with E-state index in [1.54, 1.807) is 42.5 Å². The molecule has 118 valence electrons. The van der Waals surface area contributed by atoms with Gasteiger partial charge in [0.2, 0.25) is 0 Å². The molecule has 0 aliphatic heterocycles. The minimum Gasteiger partial charge on any atom is -0.736 e. The third-order valence-electron chi connectivity index (χ3n) is 2.76. The highest BCUT2D eigenvalue weighted by Crippen LogP contribution is 2.40. The van der Waals surface area contributed by atoms with Gasteiger partial charge < -0.3 is 18.4 Å². The summed E-state index contributed by atoms with van der Waals surface area (Å²) < 4.78 is 22.5. The van der Waals surface area contributed by atoms with Crippen molar-refractivity contribution in [3.05, 3.63) is 60.2 Å². The SMILES string of the molecule is C[N+](C)(C)Cc1ccc(OP(=O)([O-])Oc2ccccc2)cc1. The summed E-state index contributed by atoms with van der Waals surface area (Å²) in [5, 5.41) is 0. The van der Waals surface area contributed by atoms with Gasteiger partial charge in [-0.1, -0.05) is 18.2 Å². The number of hydrogen-bond acceptors (Lipinski definition) is 4. The summed E-state index contributed by atoms with van der Waals surface area (Å²) >= 11 is 0. The summed E-state index contributed by atoms with van der Waals surface area (Å²) in [6, 6.07) is 15.2. The molecule has 0 saturated carbocycles. The van der Waals surface area contributed by atoms with Crippen LogP contribution in [0, 0.1) is 0 Å². The van der Waals surface area contributed by atoms with E-state index in [9.17, 15) is 9.46 Å². The molecule has 0 saturated heterocycles. The zero-order chi connectivity index (χ0) is 16.2. The largest absolute Gasteiger partial charge is 0.736 e. The molecular formula is C16H20NO4P. The monoisotopic (exact) mass is 321 g/mol. The van der Waals surface area contributed by atoms with Gasteiger partial charge in [0.1, 0.15) is 18.0 Å². The quantitative estimate of drug-likeness (QED) is 0.606. The molecule has 2 aromatic carbocycles. The van der Waals surface area contributed by atoms with Crippen LogP contribution in [0.5, 0.6) is 11.5 Å². The van der Waals surface area contributed by atoms with E-state index in [1.807, 2.05) is 12.1 Å². The van der Waals surface area contributed by atoms with Gasteiger partial charge >= 0.3 is 7.82 Å². The molecule has 22 heavy (non-hydrogen) atoms. The van der Waals surface area contributed by atoms with Crippen LogP contribution in [0.3, 0.4) is 0 Å². The highest BCUT2D eigenvalue weighted by molar-refractivity contribution is 7.46. The number of hydrogen-bond donors (Lipinski definition) is 0. The molecule has 2 aromatic rings. The first kappa shape index (κ1) is 16.6. The van der Waals surface area contributed by atoms with Crippen molar-refractivity contribution in [1.29, 1.82) is 0 Å². The number of benzene rings is 2. The van der Waals surface area contributed by atoms with Crippen LogP contribution < -0.4 is 13.9 Å². The van der Waals surface area contributed by atoms with Gasteiger partial charge in [-0.3, -0.25) is 0 Å². The van der Waals surface area contributed by atoms with Crippen LogP contribution >= 0.6 is 7.82 Å². The van der Waals surface area contributed by atoms with E-state index in [2.05, 4.69) is 21.1 Å². The molecule has 0 aromatic heterocycles. The molecule has 0 fully saturated rings. The maximum absolute atomic E-state index is 11.9. The molecule has 6 heteroatoms. The number of phosphoric acid groups is 1. The number of quaternary nitrogens is 1. The highest BCUT2D eigenvalue weighted by atomic mass is 31.2. The number of para-hydroxylation sites is 1. The lowest BCUT2D eigenvalue weighted by Gasteiger charge is -2.25.